The summed E-state index contributed by atoms with van der Waals surface area (Å²) >= 11 is 0. The lowest BCUT2D eigenvalue weighted by atomic mass is 9.86. The van der Waals surface area contributed by atoms with Crippen molar-refractivity contribution in [3.05, 3.63) is 102 Å². The number of carbonyl (C=O) groups is 1. The number of hydrogen-bond donors (Lipinski definition) is 0. The number of amidine groups is 1. The van der Waals surface area contributed by atoms with Gasteiger partial charge < -0.3 is 0 Å². The molecule has 4 heteroatoms. The molecule has 1 amide bonds. The van der Waals surface area contributed by atoms with Crippen LogP contribution < -0.4 is 5.30 Å². The summed E-state index contributed by atoms with van der Waals surface area (Å²) in [6, 6.07) is 29.6. The monoisotopic (exact) mass is 524 g/mol. The second-order valence-corrected chi connectivity index (χ2v) is 14.7. The van der Waals surface area contributed by atoms with Crippen molar-refractivity contribution in [2.75, 3.05) is 0 Å². The third kappa shape index (κ3) is 5.36. The van der Waals surface area contributed by atoms with E-state index in [9.17, 15) is 4.79 Å². The molecule has 0 N–H and O–H groups in total. The topological polar surface area (TPSA) is 32.7 Å². The lowest BCUT2D eigenvalue weighted by molar-refractivity contribution is -0.134. The molecule has 5 rings (SSSR count). The Kier molecular flexibility index (Phi) is 8.44. The Morgan fingerprint density at radius 3 is 1.92 bits per heavy atom. The first kappa shape index (κ1) is 26.8. The van der Waals surface area contributed by atoms with Gasteiger partial charge in [0.2, 0.25) is 5.91 Å². The van der Waals surface area contributed by atoms with Crippen molar-refractivity contribution in [2.24, 2.45) is 10.9 Å². The maximum atomic E-state index is 14.5. The third-order valence-corrected chi connectivity index (χ3v) is 11.2. The van der Waals surface area contributed by atoms with Crippen LogP contribution in [0.4, 0.5) is 0 Å². The van der Waals surface area contributed by atoms with E-state index < -0.39 is 7.92 Å². The van der Waals surface area contributed by atoms with Gasteiger partial charge in [0.15, 0.2) is 0 Å². The lowest BCUT2D eigenvalue weighted by Crippen LogP contribution is -2.43. The van der Waals surface area contributed by atoms with Crippen LogP contribution in [0.1, 0.15) is 88.6 Å². The molecule has 1 fully saturated rings. The number of benzene rings is 3. The molecule has 0 unspecified atom stereocenters. The molecule has 0 bridgehead atoms. The molecule has 1 saturated carbocycles. The first-order valence-corrected chi connectivity index (χ1v) is 15.8. The van der Waals surface area contributed by atoms with E-state index in [1.165, 1.54) is 11.7 Å². The van der Waals surface area contributed by atoms with Crippen molar-refractivity contribution in [1.82, 2.24) is 4.90 Å². The van der Waals surface area contributed by atoms with Crippen LogP contribution in [0, 0.1) is 5.92 Å². The number of nitrogens with zero attached hydrogens (tertiary/aromatic N) is 2. The summed E-state index contributed by atoms with van der Waals surface area (Å²) in [5.41, 5.74) is 4.54. The highest BCUT2D eigenvalue weighted by atomic mass is 31.1. The van der Waals surface area contributed by atoms with Crippen molar-refractivity contribution in [3.63, 3.8) is 0 Å². The fourth-order valence-electron chi connectivity index (χ4n) is 6.45. The number of amides is 1. The fourth-order valence-corrected chi connectivity index (χ4v) is 9.47. The molecule has 3 nitrogen and oxygen atoms in total. The van der Waals surface area contributed by atoms with E-state index in [-0.39, 0.29) is 23.9 Å². The highest BCUT2D eigenvalue weighted by molar-refractivity contribution is 7.67. The van der Waals surface area contributed by atoms with Crippen molar-refractivity contribution in [2.45, 2.75) is 83.2 Å². The van der Waals surface area contributed by atoms with Gasteiger partial charge in [0, 0.05) is 11.5 Å². The lowest BCUT2D eigenvalue weighted by Gasteiger charge is -2.35. The molecule has 3 aromatic rings. The molecule has 1 aliphatic carbocycles. The molecule has 2 aliphatic rings. The van der Waals surface area contributed by atoms with Gasteiger partial charge in [-0.05, 0) is 40.6 Å². The van der Waals surface area contributed by atoms with Crippen molar-refractivity contribution < 1.29 is 4.79 Å². The zero-order valence-corrected chi connectivity index (χ0v) is 24.1. The highest BCUT2D eigenvalue weighted by Crippen LogP contribution is 2.49. The Hall–Kier alpha value is -2.77. The van der Waals surface area contributed by atoms with Gasteiger partial charge in [-0.3, -0.25) is 14.7 Å². The van der Waals surface area contributed by atoms with Crippen LogP contribution in [0.2, 0.25) is 0 Å². The maximum absolute atomic E-state index is 14.5. The maximum Gasteiger partial charge on any atom is 0.231 e. The van der Waals surface area contributed by atoms with Gasteiger partial charge in [-0.25, -0.2) is 0 Å². The number of rotatable bonds is 7. The van der Waals surface area contributed by atoms with Gasteiger partial charge in [-0.2, -0.15) is 0 Å². The third-order valence-electron chi connectivity index (χ3n) is 8.08. The van der Waals surface area contributed by atoms with Gasteiger partial charge in [-0.15, -0.1) is 0 Å². The summed E-state index contributed by atoms with van der Waals surface area (Å²) in [5, 5.41) is 1.37. The minimum Gasteiger partial charge on any atom is -0.286 e. The summed E-state index contributed by atoms with van der Waals surface area (Å²) in [6.07, 6.45) is 5.46. The normalized spacial score (nSPS) is 20.4. The van der Waals surface area contributed by atoms with E-state index in [2.05, 4.69) is 118 Å². The Bertz CT molecular complexity index is 1240. The fraction of sp³-hybridized carbons (Fsp3) is 0.412. The van der Waals surface area contributed by atoms with Crippen molar-refractivity contribution in [1.29, 1.82) is 0 Å². The van der Waals surface area contributed by atoms with Gasteiger partial charge in [0.1, 0.15) is 11.9 Å². The molecular weight excluding hydrogens is 483 g/mol. The minimum atomic E-state index is -0.419. The second-order valence-electron chi connectivity index (χ2n) is 11.3. The second kappa shape index (κ2) is 12.0. The van der Waals surface area contributed by atoms with Crippen molar-refractivity contribution >= 4 is 25.0 Å². The van der Waals surface area contributed by atoms with Gasteiger partial charge in [-0.1, -0.05) is 140 Å². The van der Waals surface area contributed by atoms with Crippen LogP contribution in [0.3, 0.4) is 0 Å². The molecule has 0 spiro atoms. The number of hydrogen-bond acceptors (Lipinski definition) is 2. The van der Waals surface area contributed by atoms with E-state index in [4.69, 9.17) is 4.99 Å². The van der Waals surface area contributed by atoms with Crippen LogP contribution in [-0.2, 0) is 4.79 Å². The van der Waals surface area contributed by atoms with Crippen LogP contribution in [0.5, 0.6) is 0 Å². The predicted octanol–water partition coefficient (Wildman–Crippen LogP) is 8.26. The Morgan fingerprint density at radius 1 is 0.763 bits per heavy atom. The quantitative estimate of drug-likeness (QED) is 0.286. The summed E-state index contributed by atoms with van der Waals surface area (Å²) in [7, 11) is -0.419. The first-order chi connectivity index (χ1) is 18.5. The smallest absolute Gasteiger partial charge is 0.231 e. The summed E-state index contributed by atoms with van der Waals surface area (Å²) < 4.78 is 0. The van der Waals surface area contributed by atoms with E-state index >= 15 is 0 Å². The Morgan fingerprint density at radius 2 is 1.32 bits per heavy atom. The molecule has 3 aromatic carbocycles. The van der Waals surface area contributed by atoms with E-state index in [1.54, 1.807) is 0 Å². The molecule has 0 saturated heterocycles. The molecular formula is C34H41N2OP. The average Bonchev–Trinajstić information content (AvgIpc) is 3.34. The summed E-state index contributed by atoms with van der Waals surface area (Å²) in [6.45, 7) is 9.35. The summed E-state index contributed by atoms with van der Waals surface area (Å²) in [4.78, 5) is 22.1. The van der Waals surface area contributed by atoms with E-state index in [1.807, 2.05) is 0 Å². The Labute approximate surface area is 230 Å². The number of carbonyl (C=O) groups excluding carboxylic acids is 1. The van der Waals surface area contributed by atoms with Gasteiger partial charge in [0.05, 0.1) is 6.04 Å². The minimum absolute atomic E-state index is 0.0681. The van der Waals surface area contributed by atoms with Crippen LogP contribution in [-0.4, -0.2) is 28.0 Å². The van der Waals surface area contributed by atoms with Crippen LogP contribution in [0.15, 0.2) is 89.9 Å². The SMILES string of the molecule is CC(C)P(c1ccccc1C1=N[C@H](c2ccccc2)[C@@H](c2ccccc2)N1C(=O)C1CCCCC1)C(C)C. The highest BCUT2D eigenvalue weighted by Gasteiger charge is 2.45. The standard InChI is InChI=1S/C34H41N2OP/c1-24(2)38(25(3)4)30-23-15-14-22-29(30)33-35-31(26-16-8-5-9-17-26)32(27-18-10-6-11-19-27)36(33)34(37)28-20-12-7-13-21-28/h5-6,8-11,14-19,22-25,28,31-32H,7,12-13,20-21H2,1-4H3/t31-,32-/m1/s1. The van der Waals surface area contributed by atoms with Gasteiger partial charge >= 0.3 is 0 Å². The zero-order valence-electron chi connectivity index (χ0n) is 23.3. The molecule has 198 valence electrons. The summed E-state index contributed by atoms with van der Waals surface area (Å²) in [5.74, 6) is 1.19. The number of aliphatic imine (C=N–C) groups is 1. The average molecular weight is 525 g/mol. The zero-order chi connectivity index (χ0) is 26.6. The van der Waals surface area contributed by atoms with Crippen LogP contribution in [0.25, 0.3) is 0 Å². The molecule has 0 aromatic heterocycles. The van der Waals surface area contributed by atoms with E-state index in [0.717, 1.165) is 48.2 Å². The first-order valence-electron chi connectivity index (χ1n) is 14.4. The molecule has 0 radical (unpaired) electrons. The predicted molar refractivity (Wildman–Crippen MR) is 162 cm³/mol. The molecule has 1 aliphatic heterocycles. The molecule has 2 atom stereocenters. The van der Waals surface area contributed by atoms with E-state index in [0.29, 0.717) is 11.3 Å². The molecule has 38 heavy (non-hydrogen) atoms. The van der Waals surface area contributed by atoms with Gasteiger partial charge in [0.25, 0.3) is 0 Å². The Balaban J connectivity index is 1.71. The van der Waals surface area contributed by atoms with Crippen molar-refractivity contribution in [3.8, 4) is 0 Å². The largest absolute Gasteiger partial charge is 0.286 e. The molecule has 1 heterocycles. The van der Waals surface area contributed by atoms with Crippen LogP contribution >= 0.6 is 7.92 Å².